The number of benzene rings is 1. The molecule has 1 fully saturated rings. The molecule has 0 atom stereocenters. The maximum atomic E-state index is 12.0. The molecule has 0 aliphatic carbocycles. The molecule has 1 aliphatic heterocycles. The van der Waals surface area contributed by atoms with Crippen molar-refractivity contribution in [2.45, 2.75) is 38.7 Å². The van der Waals surface area contributed by atoms with Crippen molar-refractivity contribution in [3.63, 3.8) is 0 Å². The second kappa shape index (κ2) is 6.75. The predicted molar refractivity (Wildman–Crippen MR) is 77.8 cm³/mol. The van der Waals surface area contributed by atoms with Crippen molar-refractivity contribution in [2.24, 2.45) is 0 Å². The van der Waals surface area contributed by atoms with Crippen LogP contribution < -0.4 is 4.74 Å². The summed E-state index contributed by atoms with van der Waals surface area (Å²) in [6, 6.07) is 7.87. The fourth-order valence-corrected chi connectivity index (χ4v) is 2.32. The van der Waals surface area contributed by atoms with Crippen LogP contribution in [0.5, 0.6) is 5.75 Å². The lowest BCUT2D eigenvalue weighted by Gasteiger charge is -2.29. The van der Waals surface area contributed by atoms with Crippen molar-refractivity contribution in [1.82, 2.24) is 4.90 Å². The SMILES string of the molecule is CC(C)c1cccc(OCC(=O)N2CCC(O)CC2)c1. The van der Waals surface area contributed by atoms with Crippen molar-refractivity contribution in [3.8, 4) is 5.75 Å². The molecule has 1 N–H and O–H groups in total. The average molecular weight is 277 g/mol. The normalized spacial score (nSPS) is 16.5. The standard InChI is InChI=1S/C16H23NO3/c1-12(2)13-4-3-5-15(10-13)20-11-16(19)17-8-6-14(18)7-9-17/h3-5,10,12,14,18H,6-9,11H2,1-2H3. The van der Waals surface area contributed by atoms with E-state index in [9.17, 15) is 9.90 Å². The molecule has 1 heterocycles. The maximum Gasteiger partial charge on any atom is 0.260 e. The monoisotopic (exact) mass is 277 g/mol. The summed E-state index contributed by atoms with van der Waals surface area (Å²) in [6.45, 7) is 5.56. The van der Waals surface area contributed by atoms with E-state index in [1.807, 2.05) is 18.2 Å². The molecule has 2 rings (SSSR count). The van der Waals surface area contributed by atoms with Gasteiger partial charge in [-0.3, -0.25) is 4.79 Å². The second-order valence-corrected chi connectivity index (χ2v) is 5.63. The molecule has 0 saturated carbocycles. The van der Waals surface area contributed by atoms with Crippen LogP contribution in [-0.4, -0.2) is 41.7 Å². The minimum Gasteiger partial charge on any atom is -0.484 e. The summed E-state index contributed by atoms with van der Waals surface area (Å²) in [5.74, 6) is 1.17. The predicted octanol–water partition coefficient (Wildman–Crippen LogP) is 2.17. The zero-order valence-electron chi connectivity index (χ0n) is 12.2. The van der Waals surface area contributed by atoms with E-state index >= 15 is 0 Å². The third-order valence-corrected chi connectivity index (χ3v) is 3.70. The van der Waals surface area contributed by atoms with E-state index in [2.05, 4.69) is 19.9 Å². The van der Waals surface area contributed by atoms with Gasteiger partial charge in [-0.05, 0) is 36.5 Å². The van der Waals surface area contributed by atoms with Crippen molar-refractivity contribution in [2.75, 3.05) is 19.7 Å². The highest BCUT2D eigenvalue weighted by Crippen LogP contribution is 2.20. The highest BCUT2D eigenvalue weighted by Gasteiger charge is 2.21. The van der Waals surface area contributed by atoms with Crippen LogP contribution in [0, 0.1) is 0 Å². The van der Waals surface area contributed by atoms with E-state index < -0.39 is 0 Å². The molecule has 1 saturated heterocycles. The fourth-order valence-electron chi connectivity index (χ4n) is 2.32. The number of hydrogen-bond acceptors (Lipinski definition) is 3. The van der Waals surface area contributed by atoms with E-state index in [-0.39, 0.29) is 18.6 Å². The molecule has 0 spiro atoms. The van der Waals surface area contributed by atoms with Gasteiger partial charge in [0.25, 0.3) is 5.91 Å². The van der Waals surface area contributed by atoms with Gasteiger partial charge in [0.2, 0.25) is 0 Å². The number of hydrogen-bond donors (Lipinski definition) is 1. The van der Waals surface area contributed by atoms with E-state index in [4.69, 9.17) is 4.74 Å². The van der Waals surface area contributed by atoms with Gasteiger partial charge in [-0.15, -0.1) is 0 Å². The lowest BCUT2D eigenvalue weighted by Crippen LogP contribution is -2.42. The third-order valence-electron chi connectivity index (χ3n) is 3.70. The number of carbonyl (C=O) groups excluding carboxylic acids is 1. The minimum atomic E-state index is -0.261. The Morgan fingerprint density at radius 3 is 2.75 bits per heavy atom. The summed E-state index contributed by atoms with van der Waals surface area (Å²) < 4.78 is 5.58. The molecular formula is C16H23NO3. The first-order valence-corrected chi connectivity index (χ1v) is 7.25. The first-order valence-electron chi connectivity index (χ1n) is 7.25. The maximum absolute atomic E-state index is 12.0. The van der Waals surface area contributed by atoms with E-state index in [0.717, 1.165) is 5.75 Å². The van der Waals surface area contributed by atoms with Gasteiger partial charge >= 0.3 is 0 Å². The first-order chi connectivity index (χ1) is 9.56. The number of ether oxygens (including phenoxy) is 1. The molecular weight excluding hydrogens is 254 g/mol. The van der Waals surface area contributed by atoms with Crippen molar-refractivity contribution >= 4 is 5.91 Å². The van der Waals surface area contributed by atoms with Crippen molar-refractivity contribution in [3.05, 3.63) is 29.8 Å². The number of aliphatic hydroxyl groups is 1. The number of aliphatic hydroxyl groups excluding tert-OH is 1. The van der Waals surface area contributed by atoms with E-state index in [0.29, 0.717) is 31.8 Å². The molecule has 110 valence electrons. The molecule has 1 aromatic rings. The zero-order valence-corrected chi connectivity index (χ0v) is 12.2. The average Bonchev–Trinajstić information content (AvgIpc) is 2.46. The summed E-state index contributed by atoms with van der Waals surface area (Å²) in [5, 5.41) is 9.43. The Labute approximate surface area is 120 Å². The smallest absolute Gasteiger partial charge is 0.260 e. The van der Waals surface area contributed by atoms with E-state index in [1.54, 1.807) is 4.90 Å². The lowest BCUT2D eigenvalue weighted by atomic mass is 10.0. The van der Waals surface area contributed by atoms with Crippen LogP contribution in [0.15, 0.2) is 24.3 Å². The number of carbonyl (C=O) groups is 1. The molecule has 0 radical (unpaired) electrons. The van der Waals surface area contributed by atoms with E-state index in [1.165, 1.54) is 5.56 Å². The van der Waals surface area contributed by atoms with Gasteiger partial charge in [-0.2, -0.15) is 0 Å². The Hall–Kier alpha value is -1.55. The van der Waals surface area contributed by atoms with Gasteiger partial charge in [-0.1, -0.05) is 26.0 Å². The molecule has 4 heteroatoms. The van der Waals surface area contributed by atoms with Gasteiger partial charge in [0, 0.05) is 13.1 Å². The van der Waals surface area contributed by atoms with Crippen LogP contribution in [0.2, 0.25) is 0 Å². The van der Waals surface area contributed by atoms with Crippen LogP contribution in [0.25, 0.3) is 0 Å². The minimum absolute atomic E-state index is 0.00755. The largest absolute Gasteiger partial charge is 0.484 e. The third kappa shape index (κ3) is 3.97. The number of likely N-dealkylation sites (tertiary alicyclic amines) is 1. The molecule has 0 unspecified atom stereocenters. The number of amides is 1. The first kappa shape index (κ1) is 14.9. The Kier molecular flexibility index (Phi) is 5.01. The summed E-state index contributed by atoms with van der Waals surface area (Å²) in [7, 11) is 0. The molecule has 1 amide bonds. The Morgan fingerprint density at radius 2 is 2.10 bits per heavy atom. The second-order valence-electron chi connectivity index (χ2n) is 5.63. The lowest BCUT2D eigenvalue weighted by molar-refractivity contribution is -0.135. The van der Waals surface area contributed by atoms with Crippen molar-refractivity contribution < 1.29 is 14.6 Å². The van der Waals surface area contributed by atoms with Crippen molar-refractivity contribution in [1.29, 1.82) is 0 Å². The van der Waals surface area contributed by atoms with Crippen LogP contribution >= 0.6 is 0 Å². The van der Waals surface area contributed by atoms with Gasteiger partial charge in [0.1, 0.15) is 5.75 Å². The van der Waals surface area contributed by atoms with Crippen LogP contribution in [0.4, 0.5) is 0 Å². The van der Waals surface area contributed by atoms with Gasteiger partial charge < -0.3 is 14.7 Å². The number of piperidine rings is 1. The molecule has 4 nitrogen and oxygen atoms in total. The Morgan fingerprint density at radius 1 is 1.40 bits per heavy atom. The highest BCUT2D eigenvalue weighted by atomic mass is 16.5. The topological polar surface area (TPSA) is 49.8 Å². The summed E-state index contributed by atoms with van der Waals surface area (Å²) in [6.07, 6.45) is 1.06. The van der Waals surface area contributed by atoms with Gasteiger partial charge in [0.15, 0.2) is 6.61 Å². The number of rotatable bonds is 4. The summed E-state index contributed by atoms with van der Waals surface area (Å²) in [4.78, 5) is 13.8. The Bertz CT molecular complexity index is 451. The fraction of sp³-hybridized carbons (Fsp3) is 0.562. The van der Waals surface area contributed by atoms with Crippen LogP contribution in [0.1, 0.15) is 38.2 Å². The molecule has 1 aromatic carbocycles. The highest BCUT2D eigenvalue weighted by molar-refractivity contribution is 5.77. The summed E-state index contributed by atoms with van der Waals surface area (Å²) >= 11 is 0. The quantitative estimate of drug-likeness (QED) is 0.917. The molecule has 1 aliphatic rings. The zero-order chi connectivity index (χ0) is 14.5. The van der Waals surface area contributed by atoms with Crippen LogP contribution in [0.3, 0.4) is 0 Å². The molecule has 0 aromatic heterocycles. The Balaban J connectivity index is 1.85. The van der Waals surface area contributed by atoms with Crippen LogP contribution in [-0.2, 0) is 4.79 Å². The summed E-state index contributed by atoms with van der Waals surface area (Å²) in [5.41, 5.74) is 1.20. The molecule has 0 bridgehead atoms. The van der Waals surface area contributed by atoms with Gasteiger partial charge in [-0.25, -0.2) is 0 Å². The number of nitrogens with zero attached hydrogens (tertiary/aromatic N) is 1. The molecule has 20 heavy (non-hydrogen) atoms. The van der Waals surface area contributed by atoms with Gasteiger partial charge in [0.05, 0.1) is 6.10 Å².